The lowest BCUT2D eigenvalue weighted by atomic mass is 10.2. The molecule has 1 atom stereocenters. The Labute approximate surface area is 160 Å². The highest BCUT2D eigenvalue weighted by molar-refractivity contribution is 7.89. The predicted molar refractivity (Wildman–Crippen MR) is 100.0 cm³/mol. The molecule has 0 bridgehead atoms. The van der Waals surface area contributed by atoms with E-state index in [2.05, 4.69) is 9.46 Å². The minimum Gasteiger partial charge on any atom is -0.465 e. The van der Waals surface area contributed by atoms with E-state index in [1.54, 1.807) is 12.1 Å². The topological polar surface area (TPSA) is 106 Å². The summed E-state index contributed by atoms with van der Waals surface area (Å²) in [5.41, 5.74) is 1.14. The molecule has 0 saturated heterocycles. The van der Waals surface area contributed by atoms with Crippen molar-refractivity contribution in [1.29, 1.82) is 0 Å². The number of hydrogen-bond acceptors (Lipinski definition) is 7. The molecule has 1 aromatic carbocycles. The first-order valence-corrected chi connectivity index (χ1v) is 10.3. The minimum atomic E-state index is -3.85. The maximum atomic E-state index is 12.3. The number of rotatable bonds is 7. The van der Waals surface area contributed by atoms with Crippen LogP contribution in [0.15, 0.2) is 62.5 Å². The Morgan fingerprint density at radius 2 is 1.96 bits per heavy atom. The second-order valence-electron chi connectivity index (χ2n) is 5.60. The summed E-state index contributed by atoms with van der Waals surface area (Å²) in [6.07, 6.45) is -1.14. The number of ether oxygens (including phenoxy) is 1. The Hall–Kier alpha value is -2.46. The minimum absolute atomic E-state index is 0.0271. The number of hydrogen-bond donors (Lipinski definition) is 2. The van der Waals surface area contributed by atoms with Crippen LogP contribution in [0.5, 0.6) is 0 Å². The summed E-state index contributed by atoms with van der Waals surface area (Å²) in [6.45, 7) is -0.252. The lowest BCUT2D eigenvalue weighted by Crippen LogP contribution is -2.28. The zero-order valence-corrected chi connectivity index (χ0v) is 15.9. The monoisotopic (exact) mass is 407 g/mol. The van der Waals surface area contributed by atoms with Gasteiger partial charge in [0.25, 0.3) is 0 Å². The van der Waals surface area contributed by atoms with Gasteiger partial charge in [-0.2, -0.15) is 11.3 Å². The van der Waals surface area contributed by atoms with Gasteiger partial charge in [-0.15, -0.1) is 0 Å². The molecule has 2 heterocycles. The number of nitrogens with one attached hydrogen (secondary N) is 1. The van der Waals surface area contributed by atoms with Crippen molar-refractivity contribution in [3.05, 3.63) is 64.5 Å². The summed E-state index contributed by atoms with van der Waals surface area (Å²) in [5, 5.41) is 14.0. The van der Waals surface area contributed by atoms with E-state index >= 15 is 0 Å². The van der Waals surface area contributed by atoms with E-state index in [9.17, 15) is 18.3 Å². The third-order valence-corrected chi connectivity index (χ3v) is 5.94. The van der Waals surface area contributed by atoms with Crippen LogP contribution in [0.1, 0.15) is 22.2 Å². The number of methoxy groups -OCH3 is 1. The summed E-state index contributed by atoms with van der Waals surface area (Å²) < 4.78 is 37.2. The molecule has 142 valence electrons. The molecular weight excluding hydrogens is 390 g/mol. The van der Waals surface area contributed by atoms with Crippen molar-refractivity contribution >= 4 is 27.3 Å². The van der Waals surface area contributed by atoms with Gasteiger partial charge in [-0.25, -0.2) is 17.9 Å². The van der Waals surface area contributed by atoms with Gasteiger partial charge >= 0.3 is 5.97 Å². The molecule has 0 aliphatic carbocycles. The molecule has 0 spiro atoms. The van der Waals surface area contributed by atoms with Crippen LogP contribution in [0.3, 0.4) is 0 Å². The highest BCUT2D eigenvalue weighted by Crippen LogP contribution is 2.27. The molecule has 2 N–H and O–H groups in total. The van der Waals surface area contributed by atoms with E-state index in [-0.39, 0.29) is 22.8 Å². The molecule has 0 radical (unpaired) electrons. The first-order valence-electron chi connectivity index (χ1n) is 7.89. The second kappa shape index (κ2) is 8.05. The Balaban J connectivity index is 1.65. The first-order chi connectivity index (χ1) is 12.9. The largest absolute Gasteiger partial charge is 0.465 e. The lowest BCUT2D eigenvalue weighted by molar-refractivity contribution is 0.0600. The summed E-state index contributed by atoms with van der Waals surface area (Å²) in [7, 11) is -2.61. The Kier molecular flexibility index (Phi) is 5.76. The van der Waals surface area contributed by atoms with E-state index < -0.39 is 22.1 Å². The van der Waals surface area contributed by atoms with Gasteiger partial charge in [0.1, 0.15) is 17.6 Å². The van der Waals surface area contributed by atoms with Crippen molar-refractivity contribution in [3.8, 4) is 11.3 Å². The fraction of sp³-hybridized carbons (Fsp3) is 0.167. The summed E-state index contributed by atoms with van der Waals surface area (Å²) in [5.74, 6) is 0.313. The second-order valence-corrected chi connectivity index (χ2v) is 8.14. The average molecular weight is 407 g/mol. The number of thiophene rings is 1. The highest BCUT2D eigenvalue weighted by Gasteiger charge is 2.19. The number of aliphatic hydroxyl groups excluding tert-OH is 1. The van der Waals surface area contributed by atoms with Gasteiger partial charge < -0.3 is 14.3 Å². The van der Waals surface area contributed by atoms with Gasteiger partial charge in [-0.1, -0.05) is 0 Å². The zero-order valence-electron chi connectivity index (χ0n) is 14.3. The molecule has 3 rings (SSSR count). The smallest absolute Gasteiger partial charge is 0.337 e. The molecule has 0 aliphatic heterocycles. The zero-order chi connectivity index (χ0) is 19.4. The summed E-state index contributed by atoms with van der Waals surface area (Å²) in [4.78, 5) is 11.4. The molecule has 0 amide bonds. The van der Waals surface area contributed by atoms with Crippen molar-refractivity contribution in [1.82, 2.24) is 4.72 Å². The van der Waals surface area contributed by atoms with Crippen molar-refractivity contribution in [2.75, 3.05) is 13.7 Å². The van der Waals surface area contributed by atoms with Crippen LogP contribution in [0.4, 0.5) is 0 Å². The molecule has 2 aromatic heterocycles. The molecule has 27 heavy (non-hydrogen) atoms. The number of sulfonamides is 1. The Morgan fingerprint density at radius 1 is 1.22 bits per heavy atom. The maximum absolute atomic E-state index is 12.3. The molecule has 3 aromatic rings. The molecule has 7 nitrogen and oxygen atoms in total. The molecule has 9 heteroatoms. The molecule has 0 fully saturated rings. The van der Waals surface area contributed by atoms with Crippen LogP contribution >= 0.6 is 11.3 Å². The van der Waals surface area contributed by atoms with Gasteiger partial charge in [0.15, 0.2) is 0 Å². The van der Waals surface area contributed by atoms with Gasteiger partial charge in [-0.05, 0) is 47.8 Å². The van der Waals surface area contributed by atoms with Crippen molar-refractivity contribution in [2.24, 2.45) is 0 Å². The van der Waals surface area contributed by atoms with Crippen LogP contribution in [-0.2, 0) is 14.8 Å². The molecule has 0 saturated carbocycles. The van der Waals surface area contributed by atoms with Crippen LogP contribution < -0.4 is 4.72 Å². The number of carbonyl (C=O) groups excluding carboxylic acids is 1. The third-order valence-electron chi connectivity index (χ3n) is 3.81. The van der Waals surface area contributed by atoms with E-state index in [0.717, 1.165) is 5.56 Å². The van der Waals surface area contributed by atoms with Crippen molar-refractivity contribution < 1.29 is 27.5 Å². The van der Waals surface area contributed by atoms with Gasteiger partial charge in [-0.3, -0.25) is 0 Å². The van der Waals surface area contributed by atoms with Crippen LogP contribution in [-0.4, -0.2) is 33.1 Å². The van der Waals surface area contributed by atoms with Crippen LogP contribution in [0.25, 0.3) is 11.3 Å². The van der Waals surface area contributed by atoms with E-state index in [0.29, 0.717) is 5.76 Å². The van der Waals surface area contributed by atoms with Crippen molar-refractivity contribution in [3.63, 3.8) is 0 Å². The number of carbonyl (C=O) groups is 1. The number of furan rings is 1. The number of aliphatic hydroxyl groups is 1. The summed E-state index contributed by atoms with van der Waals surface area (Å²) in [6, 6.07) is 10.5. The first kappa shape index (κ1) is 19.3. The predicted octanol–water partition coefficient (Wildman–Crippen LogP) is 2.81. The van der Waals surface area contributed by atoms with Crippen LogP contribution in [0, 0.1) is 0 Å². The normalized spacial score (nSPS) is 12.7. The van der Waals surface area contributed by atoms with Crippen molar-refractivity contribution in [2.45, 2.75) is 11.0 Å². The maximum Gasteiger partial charge on any atom is 0.337 e. The molecule has 0 unspecified atom stereocenters. The number of esters is 1. The Morgan fingerprint density at radius 3 is 2.59 bits per heavy atom. The SMILES string of the molecule is COC(=O)c1ccc(S(=O)(=O)NC[C@@H](O)c2ccc(-c3ccsc3)o2)cc1. The van der Waals surface area contributed by atoms with E-state index in [1.807, 2.05) is 16.8 Å². The van der Waals surface area contributed by atoms with E-state index in [4.69, 9.17) is 4.42 Å². The van der Waals surface area contributed by atoms with Gasteiger partial charge in [0.2, 0.25) is 10.0 Å². The summed E-state index contributed by atoms with van der Waals surface area (Å²) >= 11 is 1.52. The van der Waals surface area contributed by atoms with E-state index in [1.165, 1.54) is 42.7 Å². The number of benzene rings is 1. The lowest BCUT2D eigenvalue weighted by Gasteiger charge is -2.11. The average Bonchev–Trinajstić information content (AvgIpc) is 3.37. The van der Waals surface area contributed by atoms with Crippen LogP contribution in [0.2, 0.25) is 0 Å². The Bertz CT molecular complexity index is 1010. The highest BCUT2D eigenvalue weighted by atomic mass is 32.2. The van der Waals surface area contributed by atoms with Gasteiger partial charge in [0.05, 0.1) is 17.6 Å². The van der Waals surface area contributed by atoms with Gasteiger partial charge in [0, 0.05) is 17.5 Å². The quantitative estimate of drug-likeness (QED) is 0.584. The fourth-order valence-electron chi connectivity index (χ4n) is 2.35. The third kappa shape index (κ3) is 4.45. The standard InChI is InChI=1S/C18H17NO6S2/c1-24-18(21)12-2-4-14(5-3-12)27(22,23)19-10-15(20)17-7-6-16(25-17)13-8-9-26-11-13/h2-9,11,15,19-20H,10H2,1H3/t15-/m1/s1. The molecule has 0 aliphatic rings. The molecular formula is C18H17NO6S2. The fourth-order valence-corrected chi connectivity index (χ4v) is 4.04.